The molecule has 1 N–H and O–H groups in total. The Morgan fingerprint density at radius 1 is 1.33 bits per heavy atom. The van der Waals surface area contributed by atoms with Gasteiger partial charge in [0.25, 0.3) is 0 Å². The van der Waals surface area contributed by atoms with Crippen molar-refractivity contribution >= 4 is 0 Å². The third-order valence-corrected chi connectivity index (χ3v) is 2.81. The van der Waals surface area contributed by atoms with E-state index in [4.69, 9.17) is 4.74 Å². The second-order valence-electron chi connectivity index (χ2n) is 4.33. The van der Waals surface area contributed by atoms with Gasteiger partial charge in [-0.1, -0.05) is 18.2 Å². The van der Waals surface area contributed by atoms with Crippen LogP contribution >= 0.6 is 0 Å². The quantitative estimate of drug-likeness (QED) is 0.876. The Labute approximate surface area is 108 Å². The number of aromatic nitrogens is 2. The summed E-state index contributed by atoms with van der Waals surface area (Å²) >= 11 is 0. The summed E-state index contributed by atoms with van der Waals surface area (Å²) in [5.41, 5.74) is 3.25. The van der Waals surface area contributed by atoms with Crippen LogP contribution in [0.5, 0.6) is 5.75 Å². The Morgan fingerprint density at radius 3 is 2.78 bits per heavy atom. The molecule has 96 valence electrons. The van der Waals surface area contributed by atoms with E-state index in [1.165, 1.54) is 5.56 Å². The molecule has 2 rings (SSSR count). The maximum absolute atomic E-state index is 5.87. The van der Waals surface area contributed by atoms with Crippen molar-refractivity contribution in [2.75, 3.05) is 7.05 Å². The van der Waals surface area contributed by atoms with Crippen LogP contribution in [0.2, 0.25) is 0 Å². The summed E-state index contributed by atoms with van der Waals surface area (Å²) in [6, 6.07) is 10.1. The summed E-state index contributed by atoms with van der Waals surface area (Å²) in [7, 11) is 3.87. The molecule has 4 nitrogen and oxygen atoms in total. The summed E-state index contributed by atoms with van der Waals surface area (Å²) in [6.45, 7) is 3.33. The predicted octanol–water partition coefficient (Wildman–Crippen LogP) is 2.03. The van der Waals surface area contributed by atoms with Gasteiger partial charge in [0.05, 0.1) is 11.4 Å². The molecular weight excluding hydrogens is 226 g/mol. The lowest BCUT2D eigenvalue weighted by Gasteiger charge is -2.11. The lowest BCUT2D eigenvalue weighted by Crippen LogP contribution is -2.08. The van der Waals surface area contributed by atoms with Crippen LogP contribution < -0.4 is 10.1 Å². The number of nitrogens with one attached hydrogen (secondary N) is 1. The van der Waals surface area contributed by atoms with E-state index in [9.17, 15) is 0 Å². The molecule has 0 amide bonds. The van der Waals surface area contributed by atoms with E-state index in [2.05, 4.69) is 16.5 Å². The highest BCUT2D eigenvalue weighted by Crippen LogP contribution is 2.19. The number of nitrogens with zero attached hydrogens (tertiary/aromatic N) is 2. The first-order valence-electron chi connectivity index (χ1n) is 6.05. The molecule has 1 heterocycles. The van der Waals surface area contributed by atoms with Crippen molar-refractivity contribution in [3.8, 4) is 5.75 Å². The van der Waals surface area contributed by atoms with Crippen LogP contribution in [0, 0.1) is 6.92 Å². The zero-order valence-electron chi connectivity index (χ0n) is 11.1. The molecule has 1 aromatic carbocycles. The van der Waals surface area contributed by atoms with Gasteiger partial charge in [-0.2, -0.15) is 5.10 Å². The van der Waals surface area contributed by atoms with Crippen LogP contribution in [0.15, 0.2) is 30.3 Å². The molecule has 0 fully saturated rings. The van der Waals surface area contributed by atoms with Crippen LogP contribution in [0.3, 0.4) is 0 Å². The minimum absolute atomic E-state index is 0.540. The largest absolute Gasteiger partial charge is 0.487 e. The molecular formula is C14H19N3O. The first-order valence-corrected chi connectivity index (χ1v) is 6.05. The van der Waals surface area contributed by atoms with Gasteiger partial charge < -0.3 is 10.1 Å². The molecule has 0 aliphatic carbocycles. The van der Waals surface area contributed by atoms with E-state index in [1.807, 2.05) is 50.0 Å². The van der Waals surface area contributed by atoms with Crippen LogP contribution in [0.4, 0.5) is 0 Å². The van der Waals surface area contributed by atoms with E-state index in [1.54, 1.807) is 0 Å². The maximum atomic E-state index is 5.87. The van der Waals surface area contributed by atoms with Gasteiger partial charge in [0.2, 0.25) is 0 Å². The average molecular weight is 245 g/mol. The monoisotopic (exact) mass is 245 g/mol. The molecule has 0 bridgehead atoms. The fraction of sp³-hybridized carbons (Fsp3) is 0.357. The number of para-hydroxylation sites is 1. The molecule has 18 heavy (non-hydrogen) atoms. The smallest absolute Gasteiger partial charge is 0.130 e. The Hall–Kier alpha value is -1.81. The zero-order valence-corrected chi connectivity index (χ0v) is 11.1. The lowest BCUT2D eigenvalue weighted by molar-refractivity contribution is 0.291. The molecule has 0 saturated carbocycles. The fourth-order valence-corrected chi connectivity index (χ4v) is 1.93. The SMILES string of the molecule is CNCc1ccccc1OCc1cc(C)nn1C. The third-order valence-electron chi connectivity index (χ3n) is 2.81. The van der Waals surface area contributed by atoms with E-state index < -0.39 is 0 Å². The topological polar surface area (TPSA) is 39.1 Å². The van der Waals surface area contributed by atoms with Gasteiger partial charge in [0.15, 0.2) is 0 Å². The molecule has 1 aromatic heterocycles. The number of rotatable bonds is 5. The van der Waals surface area contributed by atoms with E-state index in [-0.39, 0.29) is 0 Å². The van der Waals surface area contributed by atoms with Crippen molar-refractivity contribution < 1.29 is 4.74 Å². The van der Waals surface area contributed by atoms with Crippen molar-refractivity contribution in [3.05, 3.63) is 47.3 Å². The highest BCUT2D eigenvalue weighted by atomic mass is 16.5. The molecule has 0 aliphatic rings. The van der Waals surface area contributed by atoms with Crippen molar-refractivity contribution in [2.45, 2.75) is 20.1 Å². The molecule has 4 heteroatoms. The van der Waals surface area contributed by atoms with E-state index in [0.29, 0.717) is 6.61 Å². The minimum atomic E-state index is 0.540. The molecule has 0 unspecified atom stereocenters. The molecule has 0 saturated heterocycles. The van der Waals surface area contributed by atoms with Crippen LogP contribution in [-0.4, -0.2) is 16.8 Å². The van der Waals surface area contributed by atoms with Crippen LogP contribution in [0.25, 0.3) is 0 Å². The maximum Gasteiger partial charge on any atom is 0.130 e. The highest BCUT2D eigenvalue weighted by Gasteiger charge is 2.05. The number of hydrogen-bond acceptors (Lipinski definition) is 3. The first kappa shape index (κ1) is 12.6. The van der Waals surface area contributed by atoms with Gasteiger partial charge in [0.1, 0.15) is 12.4 Å². The van der Waals surface area contributed by atoms with Gasteiger partial charge in [-0.05, 0) is 26.1 Å². The summed E-state index contributed by atoms with van der Waals surface area (Å²) in [5, 5.41) is 7.45. The minimum Gasteiger partial charge on any atom is -0.487 e. The van der Waals surface area contributed by atoms with Gasteiger partial charge in [-0.15, -0.1) is 0 Å². The van der Waals surface area contributed by atoms with Crippen molar-refractivity contribution in [1.82, 2.24) is 15.1 Å². The normalized spacial score (nSPS) is 10.6. The van der Waals surface area contributed by atoms with Gasteiger partial charge in [-0.3, -0.25) is 4.68 Å². The Morgan fingerprint density at radius 2 is 2.11 bits per heavy atom. The van der Waals surface area contributed by atoms with E-state index in [0.717, 1.165) is 23.7 Å². The zero-order chi connectivity index (χ0) is 13.0. The van der Waals surface area contributed by atoms with E-state index >= 15 is 0 Å². The number of ether oxygens (including phenoxy) is 1. The van der Waals surface area contributed by atoms with Gasteiger partial charge in [0, 0.05) is 19.2 Å². The van der Waals surface area contributed by atoms with Crippen LogP contribution in [-0.2, 0) is 20.2 Å². The summed E-state index contributed by atoms with van der Waals surface area (Å²) in [4.78, 5) is 0. The van der Waals surface area contributed by atoms with Crippen LogP contribution in [0.1, 0.15) is 17.0 Å². The standard InChI is InChI=1S/C14H19N3O/c1-11-8-13(17(3)16-11)10-18-14-7-5-4-6-12(14)9-15-2/h4-8,15H,9-10H2,1-3H3. The Bertz CT molecular complexity index is 520. The number of benzene rings is 1. The molecule has 0 aliphatic heterocycles. The number of aryl methyl sites for hydroxylation is 2. The van der Waals surface area contributed by atoms with Crippen molar-refractivity contribution in [3.63, 3.8) is 0 Å². The number of hydrogen-bond donors (Lipinski definition) is 1. The molecule has 0 atom stereocenters. The lowest BCUT2D eigenvalue weighted by atomic mass is 10.2. The fourth-order valence-electron chi connectivity index (χ4n) is 1.93. The Kier molecular flexibility index (Phi) is 3.99. The predicted molar refractivity (Wildman–Crippen MR) is 71.5 cm³/mol. The highest BCUT2D eigenvalue weighted by molar-refractivity contribution is 5.33. The second-order valence-corrected chi connectivity index (χ2v) is 4.33. The Balaban J connectivity index is 2.08. The molecule has 0 radical (unpaired) electrons. The van der Waals surface area contributed by atoms with Gasteiger partial charge >= 0.3 is 0 Å². The second kappa shape index (κ2) is 5.69. The third kappa shape index (κ3) is 2.90. The van der Waals surface area contributed by atoms with Gasteiger partial charge in [-0.25, -0.2) is 0 Å². The summed E-state index contributed by atoms with van der Waals surface area (Å²) in [5.74, 6) is 0.922. The summed E-state index contributed by atoms with van der Waals surface area (Å²) in [6.07, 6.45) is 0. The van der Waals surface area contributed by atoms with Crippen molar-refractivity contribution in [1.29, 1.82) is 0 Å². The molecule has 2 aromatic rings. The summed E-state index contributed by atoms with van der Waals surface area (Å²) < 4.78 is 7.73. The average Bonchev–Trinajstić information content (AvgIpc) is 2.67. The first-order chi connectivity index (χ1) is 8.70. The molecule has 0 spiro atoms. The van der Waals surface area contributed by atoms with Crippen molar-refractivity contribution in [2.24, 2.45) is 7.05 Å².